The molecule has 0 unspecified atom stereocenters. The highest BCUT2D eigenvalue weighted by molar-refractivity contribution is 5.73. The van der Waals surface area contributed by atoms with Gasteiger partial charge in [-0.25, -0.2) is 4.68 Å². The van der Waals surface area contributed by atoms with Gasteiger partial charge in [0.05, 0.1) is 12.3 Å². The molecule has 0 atom stereocenters. The number of hydrogen-bond acceptors (Lipinski definition) is 4. The highest BCUT2D eigenvalue weighted by atomic mass is 16.5. The smallest absolute Gasteiger partial charge is 0.172 e. The largest absolute Gasteiger partial charge is 0.378 e. The van der Waals surface area contributed by atoms with Gasteiger partial charge in [0.1, 0.15) is 5.69 Å². The fourth-order valence-corrected chi connectivity index (χ4v) is 1.64. The molecule has 0 N–H and O–H groups in total. The van der Waals surface area contributed by atoms with Gasteiger partial charge in [0.25, 0.3) is 0 Å². The molecule has 0 spiro atoms. The van der Waals surface area contributed by atoms with Crippen LogP contribution in [0, 0.1) is 6.92 Å². The summed E-state index contributed by atoms with van der Waals surface area (Å²) in [5.41, 5.74) is 2.97. The number of aldehydes is 1. The average Bonchev–Trinajstić information content (AvgIpc) is 2.72. The van der Waals surface area contributed by atoms with Crippen LogP contribution in [0.25, 0.3) is 5.69 Å². The summed E-state index contributed by atoms with van der Waals surface area (Å²) in [6.45, 7) is 2.30. The second kappa shape index (κ2) is 4.88. The normalized spacial score (nSPS) is 10.5. The van der Waals surface area contributed by atoms with E-state index >= 15 is 0 Å². The van der Waals surface area contributed by atoms with Gasteiger partial charge in [-0.15, -0.1) is 5.10 Å². The minimum atomic E-state index is 0.301. The van der Waals surface area contributed by atoms with E-state index in [0.717, 1.165) is 11.3 Å². The third-order valence-electron chi connectivity index (χ3n) is 2.43. The lowest BCUT2D eigenvalue weighted by Gasteiger charge is -2.06. The van der Waals surface area contributed by atoms with Gasteiger partial charge >= 0.3 is 0 Å². The predicted octanol–water partition coefficient (Wildman–Crippen LogP) is 1.53. The molecule has 0 bridgehead atoms. The van der Waals surface area contributed by atoms with Crippen molar-refractivity contribution >= 4 is 6.29 Å². The lowest BCUT2D eigenvalue weighted by atomic mass is 10.2. The summed E-state index contributed by atoms with van der Waals surface area (Å²) in [7, 11) is 1.57. The molecule has 0 saturated carbocycles. The van der Waals surface area contributed by atoms with E-state index in [1.165, 1.54) is 0 Å². The number of aromatic nitrogens is 3. The molecule has 88 valence electrons. The molecule has 1 aromatic heterocycles. The van der Waals surface area contributed by atoms with Gasteiger partial charge in [0, 0.05) is 7.11 Å². The van der Waals surface area contributed by atoms with Crippen molar-refractivity contribution in [3.8, 4) is 5.69 Å². The van der Waals surface area contributed by atoms with Crippen LogP contribution in [0.5, 0.6) is 0 Å². The first-order valence-corrected chi connectivity index (χ1v) is 5.22. The Morgan fingerprint density at radius 3 is 2.94 bits per heavy atom. The summed E-state index contributed by atoms with van der Waals surface area (Å²) in [5, 5.41) is 7.80. The van der Waals surface area contributed by atoms with E-state index in [1.54, 1.807) is 11.8 Å². The fourth-order valence-electron chi connectivity index (χ4n) is 1.64. The number of rotatable bonds is 4. The Balaban J connectivity index is 2.51. The van der Waals surface area contributed by atoms with Crippen LogP contribution in [0.2, 0.25) is 0 Å². The molecule has 0 fully saturated rings. The van der Waals surface area contributed by atoms with E-state index in [-0.39, 0.29) is 0 Å². The number of methoxy groups -OCH3 is 1. The van der Waals surface area contributed by atoms with E-state index < -0.39 is 0 Å². The Labute approximate surface area is 99.0 Å². The van der Waals surface area contributed by atoms with Crippen molar-refractivity contribution in [1.82, 2.24) is 15.0 Å². The Bertz CT molecular complexity index is 534. The van der Waals surface area contributed by atoms with E-state index in [2.05, 4.69) is 10.3 Å². The van der Waals surface area contributed by atoms with Gasteiger partial charge in [-0.3, -0.25) is 4.79 Å². The zero-order chi connectivity index (χ0) is 12.3. The molecular formula is C12H13N3O2. The van der Waals surface area contributed by atoms with E-state index in [0.29, 0.717) is 24.3 Å². The summed E-state index contributed by atoms with van der Waals surface area (Å²) < 4.78 is 6.69. The Hall–Kier alpha value is -2.01. The second-order valence-electron chi connectivity index (χ2n) is 3.72. The number of carbonyl (C=O) groups is 1. The van der Waals surface area contributed by atoms with Gasteiger partial charge < -0.3 is 4.74 Å². The monoisotopic (exact) mass is 231 g/mol. The van der Waals surface area contributed by atoms with Crippen molar-refractivity contribution in [1.29, 1.82) is 0 Å². The number of benzene rings is 1. The molecule has 5 heteroatoms. The zero-order valence-corrected chi connectivity index (χ0v) is 9.75. The molecule has 0 aliphatic heterocycles. The van der Waals surface area contributed by atoms with Crippen LogP contribution < -0.4 is 0 Å². The standard InChI is InChI=1S/C12H13N3O2/c1-9-4-3-5-10(6-9)15-12(8-17-2)11(7-16)13-14-15/h3-7H,8H2,1-2H3. The van der Waals surface area contributed by atoms with Gasteiger partial charge in [-0.1, -0.05) is 17.3 Å². The first-order valence-electron chi connectivity index (χ1n) is 5.22. The SMILES string of the molecule is COCc1c(C=O)nnn1-c1cccc(C)c1. The van der Waals surface area contributed by atoms with Crippen LogP contribution >= 0.6 is 0 Å². The Morgan fingerprint density at radius 1 is 1.47 bits per heavy atom. The molecule has 1 aromatic carbocycles. The lowest BCUT2D eigenvalue weighted by Crippen LogP contribution is -2.05. The molecule has 0 aliphatic rings. The van der Waals surface area contributed by atoms with Crippen LogP contribution in [0.3, 0.4) is 0 Å². The van der Waals surface area contributed by atoms with Crippen LogP contribution in [0.1, 0.15) is 21.7 Å². The van der Waals surface area contributed by atoms with E-state index in [1.807, 2.05) is 31.2 Å². The third kappa shape index (κ3) is 2.24. The van der Waals surface area contributed by atoms with Gasteiger partial charge in [-0.2, -0.15) is 0 Å². The van der Waals surface area contributed by atoms with Gasteiger partial charge in [-0.05, 0) is 24.6 Å². The third-order valence-corrected chi connectivity index (χ3v) is 2.43. The van der Waals surface area contributed by atoms with Gasteiger partial charge in [0.2, 0.25) is 0 Å². The number of ether oxygens (including phenoxy) is 1. The number of aryl methyl sites for hydroxylation is 1. The van der Waals surface area contributed by atoms with Crippen LogP contribution in [-0.2, 0) is 11.3 Å². The van der Waals surface area contributed by atoms with Gasteiger partial charge in [0.15, 0.2) is 12.0 Å². The number of carbonyl (C=O) groups excluding carboxylic acids is 1. The van der Waals surface area contributed by atoms with Crippen LogP contribution in [0.15, 0.2) is 24.3 Å². The molecule has 0 radical (unpaired) electrons. The maximum atomic E-state index is 10.8. The fraction of sp³-hybridized carbons (Fsp3) is 0.250. The van der Waals surface area contributed by atoms with Crippen LogP contribution in [0.4, 0.5) is 0 Å². The average molecular weight is 231 g/mol. The molecule has 0 aliphatic carbocycles. The molecule has 17 heavy (non-hydrogen) atoms. The molecule has 2 aromatic rings. The molecule has 0 amide bonds. The number of nitrogens with zero attached hydrogens (tertiary/aromatic N) is 3. The van der Waals surface area contributed by atoms with Crippen molar-refractivity contribution in [3.63, 3.8) is 0 Å². The Kier molecular flexibility index (Phi) is 3.30. The van der Waals surface area contributed by atoms with Crippen molar-refractivity contribution < 1.29 is 9.53 Å². The molecular weight excluding hydrogens is 218 g/mol. The van der Waals surface area contributed by atoms with E-state index in [9.17, 15) is 4.79 Å². The van der Waals surface area contributed by atoms with Crippen molar-refractivity contribution in [2.75, 3.05) is 7.11 Å². The van der Waals surface area contributed by atoms with E-state index in [4.69, 9.17) is 4.74 Å². The van der Waals surface area contributed by atoms with Crippen molar-refractivity contribution in [2.45, 2.75) is 13.5 Å². The number of hydrogen-bond donors (Lipinski definition) is 0. The minimum Gasteiger partial charge on any atom is -0.378 e. The Morgan fingerprint density at radius 2 is 2.29 bits per heavy atom. The zero-order valence-electron chi connectivity index (χ0n) is 9.75. The quantitative estimate of drug-likeness (QED) is 0.749. The summed E-state index contributed by atoms with van der Waals surface area (Å²) in [5.74, 6) is 0. The lowest BCUT2D eigenvalue weighted by molar-refractivity contribution is 0.111. The maximum Gasteiger partial charge on any atom is 0.172 e. The van der Waals surface area contributed by atoms with Crippen molar-refractivity contribution in [2.24, 2.45) is 0 Å². The summed E-state index contributed by atoms with van der Waals surface area (Å²) in [6, 6.07) is 7.82. The first kappa shape index (κ1) is 11.5. The predicted molar refractivity (Wildman–Crippen MR) is 62.2 cm³/mol. The minimum absolute atomic E-state index is 0.301. The summed E-state index contributed by atoms with van der Waals surface area (Å²) in [4.78, 5) is 10.8. The molecule has 1 heterocycles. The molecule has 0 saturated heterocycles. The maximum absolute atomic E-state index is 10.8. The molecule has 5 nitrogen and oxygen atoms in total. The summed E-state index contributed by atoms with van der Waals surface area (Å²) in [6.07, 6.45) is 0.688. The summed E-state index contributed by atoms with van der Waals surface area (Å²) >= 11 is 0. The van der Waals surface area contributed by atoms with Crippen molar-refractivity contribution in [3.05, 3.63) is 41.2 Å². The van der Waals surface area contributed by atoms with Crippen LogP contribution in [-0.4, -0.2) is 28.4 Å². The second-order valence-corrected chi connectivity index (χ2v) is 3.72. The molecule has 2 rings (SSSR count). The highest BCUT2D eigenvalue weighted by Gasteiger charge is 2.13. The topological polar surface area (TPSA) is 57.0 Å². The first-order chi connectivity index (χ1) is 8.26. The highest BCUT2D eigenvalue weighted by Crippen LogP contribution is 2.14.